The molecule has 1 aromatic heterocycles. The molecule has 2 aromatic rings. The Morgan fingerprint density at radius 1 is 1.24 bits per heavy atom. The van der Waals surface area contributed by atoms with E-state index in [9.17, 15) is 13.2 Å². The first-order valence-electron chi connectivity index (χ1n) is 7.86. The minimum atomic E-state index is -4.40. The fraction of sp³-hybridized carbons (Fsp3) is 0.375. The van der Waals surface area contributed by atoms with Gasteiger partial charge in [-0.15, -0.1) is 0 Å². The predicted octanol–water partition coefficient (Wildman–Crippen LogP) is 2.62. The molecule has 1 aliphatic rings. The highest BCUT2D eigenvalue weighted by molar-refractivity contribution is 5.62. The highest BCUT2D eigenvalue weighted by atomic mass is 19.4. The van der Waals surface area contributed by atoms with E-state index in [2.05, 4.69) is 25.5 Å². The summed E-state index contributed by atoms with van der Waals surface area (Å²) in [5.74, 6) is 1.08. The number of hydrogen-bond acceptors (Lipinski definition) is 6. The fourth-order valence-corrected chi connectivity index (χ4v) is 2.80. The molecule has 1 aliphatic heterocycles. The van der Waals surface area contributed by atoms with Crippen LogP contribution in [0.3, 0.4) is 0 Å². The maximum Gasteiger partial charge on any atom is 0.416 e. The number of nitrogens with one attached hydrogen (secondary N) is 2. The van der Waals surface area contributed by atoms with Crippen LogP contribution >= 0.6 is 0 Å². The van der Waals surface area contributed by atoms with Gasteiger partial charge in [0.1, 0.15) is 11.6 Å². The summed E-state index contributed by atoms with van der Waals surface area (Å²) in [6, 6.07) is 7.00. The van der Waals surface area contributed by atoms with Crippen LogP contribution in [0.5, 0.6) is 0 Å². The van der Waals surface area contributed by atoms with Gasteiger partial charge < -0.3 is 21.3 Å². The third-order valence-corrected chi connectivity index (χ3v) is 4.11. The van der Waals surface area contributed by atoms with Gasteiger partial charge in [0.05, 0.1) is 5.56 Å². The molecule has 9 heteroatoms. The van der Waals surface area contributed by atoms with E-state index in [1.165, 1.54) is 6.07 Å². The molecule has 1 atom stereocenters. The number of benzene rings is 1. The molecule has 2 heterocycles. The van der Waals surface area contributed by atoms with Crippen LogP contribution in [0.25, 0.3) is 0 Å². The Hall–Kier alpha value is -2.55. The lowest BCUT2D eigenvalue weighted by atomic mass is 10.2. The summed E-state index contributed by atoms with van der Waals surface area (Å²) >= 11 is 0. The maximum atomic E-state index is 12.8. The molecule has 0 spiro atoms. The van der Waals surface area contributed by atoms with E-state index >= 15 is 0 Å². The van der Waals surface area contributed by atoms with Crippen molar-refractivity contribution in [3.63, 3.8) is 0 Å². The zero-order chi connectivity index (χ0) is 18.0. The van der Waals surface area contributed by atoms with E-state index < -0.39 is 11.7 Å². The lowest BCUT2D eigenvalue weighted by molar-refractivity contribution is -0.137. The minimum absolute atomic E-state index is 0.0693. The largest absolute Gasteiger partial charge is 0.416 e. The summed E-state index contributed by atoms with van der Waals surface area (Å²) in [4.78, 5) is 10.4. The summed E-state index contributed by atoms with van der Waals surface area (Å²) in [7, 11) is 1.91. The Labute approximate surface area is 143 Å². The van der Waals surface area contributed by atoms with E-state index in [4.69, 9.17) is 5.73 Å². The van der Waals surface area contributed by atoms with Crippen LogP contribution in [-0.4, -0.2) is 36.1 Å². The van der Waals surface area contributed by atoms with Crippen molar-refractivity contribution in [2.45, 2.75) is 18.6 Å². The van der Waals surface area contributed by atoms with Crippen molar-refractivity contribution < 1.29 is 13.2 Å². The molecule has 0 unspecified atom stereocenters. The third kappa shape index (κ3) is 4.11. The van der Waals surface area contributed by atoms with Crippen LogP contribution < -0.4 is 21.3 Å². The van der Waals surface area contributed by atoms with E-state index in [0.717, 1.165) is 31.6 Å². The summed E-state index contributed by atoms with van der Waals surface area (Å²) in [5, 5.41) is 6.09. The van der Waals surface area contributed by atoms with Gasteiger partial charge in [0.25, 0.3) is 0 Å². The summed E-state index contributed by atoms with van der Waals surface area (Å²) in [5.41, 5.74) is 5.32. The number of anilines is 4. The quantitative estimate of drug-likeness (QED) is 0.785. The van der Waals surface area contributed by atoms with Gasteiger partial charge in [0.15, 0.2) is 0 Å². The van der Waals surface area contributed by atoms with Gasteiger partial charge in [0.2, 0.25) is 5.95 Å². The molecule has 1 saturated heterocycles. The van der Waals surface area contributed by atoms with Crippen molar-refractivity contribution >= 4 is 23.3 Å². The van der Waals surface area contributed by atoms with E-state index in [1.807, 2.05) is 7.05 Å². The lowest BCUT2D eigenvalue weighted by Crippen LogP contribution is -2.30. The topological polar surface area (TPSA) is 79.1 Å². The predicted molar refractivity (Wildman–Crippen MR) is 90.8 cm³/mol. The SMILES string of the molecule is CN[C@H]1CCN(c2cc(Nc3cccc(C(F)(F)F)c3)nc(N)n2)C1. The van der Waals surface area contributed by atoms with Gasteiger partial charge >= 0.3 is 6.18 Å². The van der Waals surface area contributed by atoms with E-state index in [-0.39, 0.29) is 11.6 Å². The van der Waals surface area contributed by atoms with E-state index in [0.29, 0.717) is 17.7 Å². The molecule has 4 N–H and O–H groups in total. The van der Waals surface area contributed by atoms with E-state index in [1.54, 1.807) is 12.1 Å². The standard InChI is InChI=1S/C16H19F3N6/c1-21-12-5-6-25(9-12)14-8-13(23-15(20)24-14)22-11-4-2-3-10(7-11)16(17,18)19/h2-4,7-8,12,21H,5-6,9H2,1H3,(H3,20,22,23,24)/t12-/m0/s1. The smallest absolute Gasteiger partial charge is 0.368 e. The highest BCUT2D eigenvalue weighted by Crippen LogP contribution is 2.31. The van der Waals surface area contributed by atoms with Gasteiger partial charge in [-0.05, 0) is 31.7 Å². The number of nitrogens with zero attached hydrogens (tertiary/aromatic N) is 3. The molecule has 25 heavy (non-hydrogen) atoms. The molecule has 1 aromatic carbocycles. The molecule has 3 rings (SSSR count). The lowest BCUT2D eigenvalue weighted by Gasteiger charge is -2.19. The van der Waals surface area contributed by atoms with Crippen molar-refractivity contribution in [3.05, 3.63) is 35.9 Å². The first-order chi connectivity index (χ1) is 11.8. The van der Waals surface area contributed by atoms with Crippen LogP contribution in [0.1, 0.15) is 12.0 Å². The molecular formula is C16H19F3N6. The molecule has 0 bridgehead atoms. The Balaban J connectivity index is 1.82. The average Bonchev–Trinajstić information content (AvgIpc) is 3.03. The summed E-state index contributed by atoms with van der Waals surface area (Å²) in [6.45, 7) is 1.61. The molecule has 0 aliphatic carbocycles. The molecule has 6 nitrogen and oxygen atoms in total. The first-order valence-corrected chi connectivity index (χ1v) is 7.86. The fourth-order valence-electron chi connectivity index (χ4n) is 2.80. The highest BCUT2D eigenvalue weighted by Gasteiger charge is 2.30. The first kappa shape index (κ1) is 17.3. The second-order valence-electron chi connectivity index (χ2n) is 5.89. The minimum Gasteiger partial charge on any atom is -0.368 e. The molecule has 0 amide bonds. The number of likely N-dealkylation sites (N-methyl/N-ethyl adjacent to an activating group) is 1. The van der Waals surface area contributed by atoms with Gasteiger partial charge in [-0.25, -0.2) is 0 Å². The Morgan fingerprint density at radius 3 is 2.72 bits per heavy atom. The van der Waals surface area contributed by atoms with Crippen LogP contribution in [0, 0.1) is 0 Å². The average molecular weight is 352 g/mol. The van der Waals surface area contributed by atoms with Gasteiger partial charge in [-0.3, -0.25) is 0 Å². The summed E-state index contributed by atoms with van der Waals surface area (Å²) in [6.07, 6.45) is -3.41. The van der Waals surface area contributed by atoms with Gasteiger partial charge in [-0.1, -0.05) is 6.07 Å². The third-order valence-electron chi connectivity index (χ3n) is 4.11. The monoisotopic (exact) mass is 352 g/mol. The number of alkyl halides is 3. The Bertz CT molecular complexity index is 749. The van der Waals surface area contributed by atoms with Gasteiger partial charge in [0, 0.05) is 30.9 Å². The second kappa shape index (κ2) is 6.75. The van der Waals surface area contributed by atoms with Crippen LogP contribution in [0.4, 0.5) is 36.4 Å². The number of hydrogen-bond donors (Lipinski definition) is 3. The Kier molecular flexibility index (Phi) is 4.67. The number of rotatable bonds is 4. The second-order valence-corrected chi connectivity index (χ2v) is 5.89. The van der Waals surface area contributed by atoms with Gasteiger partial charge in [-0.2, -0.15) is 23.1 Å². The normalized spacial score (nSPS) is 17.8. The molecule has 134 valence electrons. The zero-order valence-corrected chi connectivity index (χ0v) is 13.6. The summed E-state index contributed by atoms with van der Waals surface area (Å²) < 4.78 is 38.5. The molecule has 0 radical (unpaired) electrons. The van der Waals surface area contributed by atoms with Crippen molar-refractivity contribution in [1.82, 2.24) is 15.3 Å². The maximum absolute atomic E-state index is 12.8. The van der Waals surface area contributed by atoms with Crippen molar-refractivity contribution in [2.24, 2.45) is 0 Å². The van der Waals surface area contributed by atoms with Crippen LogP contribution in [0.15, 0.2) is 30.3 Å². The molecular weight excluding hydrogens is 333 g/mol. The molecule has 1 fully saturated rings. The van der Waals surface area contributed by atoms with Crippen molar-refractivity contribution in [3.8, 4) is 0 Å². The van der Waals surface area contributed by atoms with Crippen molar-refractivity contribution in [2.75, 3.05) is 36.1 Å². The van der Waals surface area contributed by atoms with Crippen LogP contribution in [0.2, 0.25) is 0 Å². The Morgan fingerprint density at radius 2 is 2.04 bits per heavy atom. The number of nitrogens with two attached hydrogens (primary N) is 1. The molecule has 0 saturated carbocycles. The number of nitrogen functional groups attached to an aromatic ring is 1. The van der Waals surface area contributed by atoms with Crippen LogP contribution in [-0.2, 0) is 6.18 Å². The van der Waals surface area contributed by atoms with Crippen molar-refractivity contribution in [1.29, 1.82) is 0 Å². The number of halogens is 3. The zero-order valence-electron chi connectivity index (χ0n) is 13.6. The number of aromatic nitrogens is 2.